The molecule has 7 heteroatoms. The van der Waals surface area contributed by atoms with Crippen LogP contribution < -0.4 is 4.74 Å². The lowest BCUT2D eigenvalue weighted by Crippen LogP contribution is -2.26. The fourth-order valence-corrected chi connectivity index (χ4v) is 2.58. The lowest BCUT2D eigenvalue weighted by Gasteiger charge is -2.14. The second kappa shape index (κ2) is 8.44. The zero-order valence-electron chi connectivity index (χ0n) is 15.2. The number of halogens is 1. The second-order valence-corrected chi connectivity index (χ2v) is 6.12. The van der Waals surface area contributed by atoms with E-state index in [1.807, 2.05) is 24.3 Å². The zero-order chi connectivity index (χ0) is 19.2. The lowest BCUT2D eigenvalue weighted by molar-refractivity contribution is -0.130. The first-order valence-electron chi connectivity index (χ1n) is 8.50. The molecule has 0 aliphatic carbocycles. The summed E-state index contributed by atoms with van der Waals surface area (Å²) in [6, 6.07) is 13.5. The Morgan fingerprint density at radius 3 is 2.74 bits per heavy atom. The molecule has 3 aromatic rings. The normalized spacial score (nSPS) is 10.6. The molecular formula is C20H20FN3O3. The van der Waals surface area contributed by atoms with Gasteiger partial charge in [-0.3, -0.25) is 4.79 Å². The maximum Gasteiger partial charge on any atom is 0.246 e. The number of rotatable bonds is 7. The van der Waals surface area contributed by atoms with Crippen molar-refractivity contribution < 1.29 is 18.4 Å². The SMILES string of the molecule is COc1cccc(-c2noc(CN(C)C(=O)CCc3ccc(F)cc3)n2)c1. The van der Waals surface area contributed by atoms with Gasteiger partial charge in [0.1, 0.15) is 11.6 Å². The van der Waals surface area contributed by atoms with Gasteiger partial charge in [0, 0.05) is 19.0 Å². The first-order valence-corrected chi connectivity index (χ1v) is 8.50. The molecule has 6 nitrogen and oxygen atoms in total. The minimum Gasteiger partial charge on any atom is -0.497 e. The van der Waals surface area contributed by atoms with Gasteiger partial charge in [-0.1, -0.05) is 29.4 Å². The van der Waals surface area contributed by atoms with E-state index in [1.54, 1.807) is 26.3 Å². The van der Waals surface area contributed by atoms with Crippen molar-refractivity contribution in [2.24, 2.45) is 0 Å². The predicted molar refractivity (Wildman–Crippen MR) is 97.5 cm³/mol. The first-order chi connectivity index (χ1) is 13.0. The molecule has 3 rings (SSSR count). The first kappa shape index (κ1) is 18.6. The minimum atomic E-state index is -0.287. The van der Waals surface area contributed by atoms with Crippen molar-refractivity contribution in [1.29, 1.82) is 0 Å². The third kappa shape index (κ3) is 4.91. The molecule has 0 spiro atoms. The second-order valence-electron chi connectivity index (χ2n) is 6.12. The Morgan fingerprint density at radius 2 is 2.00 bits per heavy atom. The zero-order valence-corrected chi connectivity index (χ0v) is 15.2. The van der Waals surface area contributed by atoms with Crippen molar-refractivity contribution in [3.8, 4) is 17.1 Å². The summed E-state index contributed by atoms with van der Waals surface area (Å²) >= 11 is 0. The molecule has 1 heterocycles. The van der Waals surface area contributed by atoms with E-state index in [1.165, 1.54) is 17.0 Å². The fourth-order valence-electron chi connectivity index (χ4n) is 2.58. The number of nitrogens with zero attached hydrogens (tertiary/aromatic N) is 3. The van der Waals surface area contributed by atoms with E-state index in [-0.39, 0.29) is 18.3 Å². The summed E-state index contributed by atoms with van der Waals surface area (Å²) in [5.74, 6) is 1.15. The molecule has 0 aliphatic heterocycles. The Labute approximate surface area is 156 Å². The van der Waals surface area contributed by atoms with Crippen molar-refractivity contribution in [2.45, 2.75) is 19.4 Å². The summed E-state index contributed by atoms with van der Waals surface area (Å²) in [7, 11) is 3.27. The molecule has 0 fully saturated rings. The standard InChI is InChI=1S/C20H20FN3O3/c1-24(19(25)11-8-14-6-9-16(21)10-7-14)13-18-22-20(23-27-18)15-4-3-5-17(12-15)26-2/h3-7,9-10,12H,8,11,13H2,1-2H3. The van der Waals surface area contributed by atoms with Crippen LogP contribution >= 0.6 is 0 Å². The van der Waals surface area contributed by atoms with Gasteiger partial charge in [0.25, 0.3) is 0 Å². The molecule has 0 radical (unpaired) electrons. The van der Waals surface area contributed by atoms with Crippen LogP contribution in [0.1, 0.15) is 17.9 Å². The molecule has 0 bridgehead atoms. The summed E-state index contributed by atoms with van der Waals surface area (Å²) in [5.41, 5.74) is 1.69. The monoisotopic (exact) mass is 369 g/mol. The third-order valence-corrected chi connectivity index (χ3v) is 4.14. The number of methoxy groups -OCH3 is 1. The molecule has 0 N–H and O–H groups in total. The van der Waals surface area contributed by atoms with Crippen molar-refractivity contribution in [1.82, 2.24) is 15.0 Å². The Hall–Kier alpha value is -3.22. The van der Waals surface area contributed by atoms with Gasteiger partial charge in [-0.15, -0.1) is 0 Å². The van der Waals surface area contributed by atoms with Gasteiger partial charge in [0.15, 0.2) is 0 Å². The van der Waals surface area contributed by atoms with Gasteiger partial charge >= 0.3 is 0 Å². The highest BCUT2D eigenvalue weighted by Gasteiger charge is 2.15. The number of benzene rings is 2. The highest BCUT2D eigenvalue weighted by atomic mass is 19.1. The highest BCUT2D eigenvalue weighted by molar-refractivity contribution is 5.76. The highest BCUT2D eigenvalue weighted by Crippen LogP contribution is 2.21. The number of aromatic nitrogens is 2. The number of hydrogen-bond acceptors (Lipinski definition) is 5. The van der Waals surface area contributed by atoms with Crippen molar-refractivity contribution >= 4 is 5.91 Å². The fraction of sp³-hybridized carbons (Fsp3) is 0.250. The molecule has 27 heavy (non-hydrogen) atoms. The van der Waals surface area contributed by atoms with Crippen LogP contribution in [0.15, 0.2) is 53.1 Å². The van der Waals surface area contributed by atoms with Crippen molar-refractivity contribution in [3.63, 3.8) is 0 Å². The van der Waals surface area contributed by atoms with Crippen molar-refractivity contribution in [2.75, 3.05) is 14.2 Å². The van der Waals surface area contributed by atoms with Gasteiger partial charge < -0.3 is 14.2 Å². The van der Waals surface area contributed by atoms with E-state index < -0.39 is 0 Å². The molecular weight excluding hydrogens is 349 g/mol. The van der Waals surface area contributed by atoms with Crippen LogP contribution in [0.4, 0.5) is 4.39 Å². The Kier molecular flexibility index (Phi) is 5.80. The topological polar surface area (TPSA) is 68.5 Å². The molecule has 1 amide bonds. The summed E-state index contributed by atoms with van der Waals surface area (Å²) in [6.07, 6.45) is 0.862. The number of carbonyl (C=O) groups excluding carboxylic acids is 1. The van der Waals surface area contributed by atoms with Crippen LogP contribution in [0.25, 0.3) is 11.4 Å². The van der Waals surface area contributed by atoms with Gasteiger partial charge in [0.05, 0.1) is 13.7 Å². The van der Waals surface area contributed by atoms with E-state index >= 15 is 0 Å². The molecule has 2 aromatic carbocycles. The molecule has 0 saturated carbocycles. The largest absolute Gasteiger partial charge is 0.497 e. The smallest absolute Gasteiger partial charge is 0.246 e. The Bertz CT molecular complexity index is 909. The Balaban J connectivity index is 1.57. The summed E-state index contributed by atoms with van der Waals surface area (Å²) in [5, 5.41) is 3.96. The maximum absolute atomic E-state index is 12.9. The molecule has 140 valence electrons. The molecule has 0 saturated heterocycles. The summed E-state index contributed by atoms with van der Waals surface area (Å²) in [4.78, 5) is 18.2. The van der Waals surface area contributed by atoms with Gasteiger partial charge in [-0.25, -0.2) is 4.39 Å². The van der Waals surface area contributed by atoms with Crippen LogP contribution in [-0.2, 0) is 17.8 Å². The molecule has 1 aromatic heterocycles. The number of aryl methyl sites for hydroxylation is 1. The predicted octanol–water partition coefficient (Wildman–Crippen LogP) is 3.48. The van der Waals surface area contributed by atoms with E-state index in [0.29, 0.717) is 30.3 Å². The number of ether oxygens (including phenoxy) is 1. The summed E-state index contributed by atoms with van der Waals surface area (Å²) < 4.78 is 23.4. The third-order valence-electron chi connectivity index (χ3n) is 4.14. The van der Waals surface area contributed by atoms with Crippen LogP contribution in [-0.4, -0.2) is 35.1 Å². The minimum absolute atomic E-state index is 0.0551. The van der Waals surface area contributed by atoms with Crippen molar-refractivity contribution in [3.05, 3.63) is 65.8 Å². The van der Waals surface area contributed by atoms with Crippen LogP contribution in [0.3, 0.4) is 0 Å². The van der Waals surface area contributed by atoms with E-state index in [4.69, 9.17) is 9.26 Å². The number of carbonyl (C=O) groups is 1. The average molecular weight is 369 g/mol. The van der Waals surface area contributed by atoms with Crippen LogP contribution in [0.5, 0.6) is 5.75 Å². The van der Waals surface area contributed by atoms with E-state index in [9.17, 15) is 9.18 Å². The van der Waals surface area contributed by atoms with E-state index in [0.717, 1.165) is 11.1 Å². The number of hydrogen-bond donors (Lipinski definition) is 0. The molecule has 0 aliphatic rings. The van der Waals surface area contributed by atoms with Gasteiger partial charge in [-0.05, 0) is 36.2 Å². The maximum atomic E-state index is 12.9. The number of amides is 1. The van der Waals surface area contributed by atoms with Gasteiger partial charge in [-0.2, -0.15) is 4.98 Å². The average Bonchev–Trinajstić information content (AvgIpc) is 3.15. The quantitative estimate of drug-likeness (QED) is 0.638. The van der Waals surface area contributed by atoms with Gasteiger partial charge in [0.2, 0.25) is 17.6 Å². The summed E-state index contributed by atoms with van der Waals surface area (Å²) in [6.45, 7) is 0.221. The van der Waals surface area contributed by atoms with Crippen LogP contribution in [0, 0.1) is 5.82 Å². The Morgan fingerprint density at radius 1 is 1.22 bits per heavy atom. The lowest BCUT2D eigenvalue weighted by atomic mass is 10.1. The molecule has 0 atom stereocenters. The van der Waals surface area contributed by atoms with E-state index in [2.05, 4.69) is 10.1 Å². The molecule has 0 unspecified atom stereocenters. The van der Waals surface area contributed by atoms with Crippen LogP contribution in [0.2, 0.25) is 0 Å².